The van der Waals surface area contributed by atoms with E-state index in [-0.39, 0.29) is 5.97 Å². The van der Waals surface area contributed by atoms with E-state index in [0.717, 1.165) is 11.3 Å². The highest BCUT2D eigenvalue weighted by Crippen LogP contribution is 2.19. The van der Waals surface area contributed by atoms with Gasteiger partial charge in [0.2, 0.25) is 5.78 Å². The molecule has 0 saturated heterocycles. The van der Waals surface area contributed by atoms with Crippen molar-refractivity contribution in [1.82, 2.24) is 14.4 Å². The van der Waals surface area contributed by atoms with Crippen molar-refractivity contribution in [3.63, 3.8) is 0 Å². The van der Waals surface area contributed by atoms with Gasteiger partial charge in [-0.3, -0.25) is 4.40 Å². The van der Waals surface area contributed by atoms with E-state index in [1.807, 2.05) is 35.0 Å². The number of methoxy groups -OCH3 is 1. The smallest absolute Gasteiger partial charge is 0.337 e. The molecule has 0 radical (unpaired) electrons. The van der Waals surface area contributed by atoms with Crippen LogP contribution in [0.2, 0.25) is 0 Å². The first kappa shape index (κ1) is 11.4. The second-order valence-corrected chi connectivity index (χ2v) is 4.02. The van der Waals surface area contributed by atoms with E-state index in [4.69, 9.17) is 0 Å². The number of aromatic nitrogens is 3. The lowest BCUT2D eigenvalue weighted by molar-refractivity contribution is 0.0601. The predicted octanol–water partition coefficient (Wildman–Crippen LogP) is 2.18. The van der Waals surface area contributed by atoms with Gasteiger partial charge in [0, 0.05) is 24.2 Å². The van der Waals surface area contributed by atoms with Crippen molar-refractivity contribution in [2.45, 2.75) is 0 Å². The Kier molecular flexibility index (Phi) is 2.72. The molecule has 1 aromatic carbocycles. The average molecular weight is 253 g/mol. The summed E-state index contributed by atoms with van der Waals surface area (Å²) in [7, 11) is 1.37. The Bertz CT molecular complexity index is 699. The maximum atomic E-state index is 11.4. The zero-order valence-electron chi connectivity index (χ0n) is 10.3. The van der Waals surface area contributed by atoms with Crippen LogP contribution in [0.25, 0.3) is 17.0 Å². The molecule has 3 aromatic rings. The fourth-order valence-corrected chi connectivity index (χ4v) is 1.86. The molecule has 0 saturated carbocycles. The van der Waals surface area contributed by atoms with Crippen molar-refractivity contribution in [2.75, 3.05) is 7.11 Å². The van der Waals surface area contributed by atoms with Gasteiger partial charge >= 0.3 is 5.97 Å². The van der Waals surface area contributed by atoms with E-state index >= 15 is 0 Å². The van der Waals surface area contributed by atoms with Crippen LogP contribution in [-0.4, -0.2) is 27.4 Å². The minimum atomic E-state index is -0.344. The van der Waals surface area contributed by atoms with Crippen molar-refractivity contribution in [3.05, 3.63) is 54.5 Å². The van der Waals surface area contributed by atoms with Crippen LogP contribution in [0.1, 0.15) is 10.4 Å². The minimum absolute atomic E-state index is 0.344. The zero-order valence-corrected chi connectivity index (χ0v) is 10.3. The maximum Gasteiger partial charge on any atom is 0.337 e. The van der Waals surface area contributed by atoms with Crippen molar-refractivity contribution >= 4 is 11.7 Å². The van der Waals surface area contributed by atoms with Gasteiger partial charge < -0.3 is 4.74 Å². The maximum absolute atomic E-state index is 11.4. The molecular weight excluding hydrogens is 242 g/mol. The summed E-state index contributed by atoms with van der Waals surface area (Å²) in [6.07, 6.45) is 5.49. The van der Waals surface area contributed by atoms with Gasteiger partial charge in [-0.2, -0.15) is 0 Å². The first-order valence-electron chi connectivity index (χ1n) is 5.76. The lowest BCUT2D eigenvalue weighted by atomic mass is 10.1. The Hall–Kier alpha value is -2.69. The van der Waals surface area contributed by atoms with Gasteiger partial charge in [0.1, 0.15) is 0 Å². The molecular formula is C14H11N3O2. The number of benzene rings is 1. The summed E-state index contributed by atoms with van der Waals surface area (Å²) in [5, 5.41) is 0. The normalized spacial score (nSPS) is 10.6. The summed E-state index contributed by atoms with van der Waals surface area (Å²) in [6.45, 7) is 0. The zero-order chi connectivity index (χ0) is 13.2. The summed E-state index contributed by atoms with van der Waals surface area (Å²) in [4.78, 5) is 19.9. The number of hydrogen-bond acceptors (Lipinski definition) is 4. The summed E-state index contributed by atoms with van der Waals surface area (Å²) < 4.78 is 6.51. The molecule has 0 atom stereocenters. The van der Waals surface area contributed by atoms with Crippen LogP contribution >= 0.6 is 0 Å². The van der Waals surface area contributed by atoms with E-state index in [9.17, 15) is 4.79 Å². The molecule has 3 rings (SSSR count). The Morgan fingerprint density at radius 2 is 2.05 bits per heavy atom. The fourth-order valence-electron chi connectivity index (χ4n) is 1.86. The molecule has 94 valence electrons. The monoisotopic (exact) mass is 253 g/mol. The van der Waals surface area contributed by atoms with Crippen LogP contribution in [0.4, 0.5) is 0 Å². The van der Waals surface area contributed by atoms with Gasteiger partial charge in [-0.25, -0.2) is 14.8 Å². The predicted molar refractivity (Wildman–Crippen MR) is 69.8 cm³/mol. The van der Waals surface area contributed by atoms with Crippen LogP contribution in [-0.2, 0) is 4.74 Å². The van der Waals surface area contributed by atoms with E-state index in [0.29, 0.717) is 11.3 Å². The minimum Gasteiger partial charge on any atom is -0.465 e. The molecule has 0 bridgehead atoms. The van der Waals surface area contributed by atoms with Crippen molar-refractivity contribution in [2.24, 2.45) is 0 Å². The highest BCUT2D eigenvalue weighted by atomic mass is 16.5. The number of fused-ring (bicyclic) bond motifs is 1. The number of rotatable bonds is 2. The van der Waals surface area contributed by atoms with Crippen LogP contribution in [0.3, 0.4) is 0 Å². The molecule has 0 N–H and O–H groups in total. The summed E-state index contributed by atoms with van der Waals surface area (Å²) in [5.41, 5.74) is 2.27. The van der Waals surface area contributed by atoms with Gasteiger partial charge in [0.05, 0.1) is 18.4 Å². The molecule has 0 aliphatic rings. The van der Waals surface area contributed by atoms with Gasteiger partial charge in [-0.15, -0.1) is 0 Å². The third-order valence-electron chi connectivity index (χ3n) is 2.84. The second-order valence-electron chi connectivity index (χ2n) is 4.02. The Morgan fingerprint density at radius 3 is 2.74 bits per heavy atom. The third kappa shape index (κ3) is 2.06. The summed E-state index contributed by atoms with van der Waals surface area (Å²) in [5.74, 6) is 0.303. The first-order valence-corrected chi connectivity index (χ1v) is 5.76. The molecule has 2 heterocycles. The molecule has 5 nitrogen and oxygen atoms in total. The second kappa shape index (κ2) is 4.53. The average Bonchev–Trinajstić information content (AvgIpc) is 2.90. The molecule has 0 amide bonds. The van der Waals surface area contributed by atoms with Gasteiger partial charge in [0.15, 0.2) is 0 Å². The number of nitrogens with zero attached hydrogens (tertiary/aromatic N) is 3. The first-order chi connectivity index (χ1) is 9.28. The molecule has 5 heteroatoms. The van der Waals surface area contributed by atoms with Gasteiger partial charge in [0.25, 0.3) is 0 Å². The van der Waals surface area contributed by atoms with Crippen LogP contribution < -0.4 is 0 Å². The van der Waals surface area contributed by atoms with Crippen LogP contribution in [0.5, 0.6) is 0 Å². The Balaban J connectivity index is 1.99. The number of esters is 1. The molecule has 0 fully saturated rings. The van der Waals surface area contributed by atoms with E-state index in [1.54, 1.807) is 18.3 Å². The van der Waals surface area contributed by atoms with Gasteiger partial charge in [-0.05, 0) is 18.2 Å². The number of imidazole rings is 1. The van der Waals surface area contributed by atoms with E-state index in [1.165, 1.54) is 7.11 Å². The van der Waals surface area contributed by atoms with Crippen molar-refractivity contribution in [1.29, 1.82) is 0 Å². The SMILES string of the molecule is COC(=O)c1ccc(-c2cn3cccnc3n2)cc1. The van der Waals surface area contributed by atoms with E-state index < -0.39 is 0 Å². The number of ether oxygens (including phenoxy) is 1. The molecule has 0 aliphatic carbocycles. The third-order valence-corrected chi connectivity index (χ3v) is 2.84. The lowest BCUT2D eigenvalue weighted by Gasteiger charge is -2.00. The van der Waals surface area contributed by atoms with Crippen molar-refractivity contribution in [3.8, 4) is 11.3 Å². The number of carbonyl (C=O) groups excluding carboxylic acids is 1. The van der Waals surface area contributed by atoms with Crippen LogP contribution in [0, 0.1) is 0 Å². The topological polar surface area (TPSA) is 56.5 Å². The van der Waals surface area contributed by atoms with Crippen LogP contribution in [0.15, 0.2) is 48.9 Å². The highest BCUT2D eigenvalue weighted by Gasteiger charge is 2.07. The summed E-state index contributed by atoms with van der Waals surface area (Å²) >= 11 is 0. The van der Waals surface area contributed by atoms with E-state index in [2.05, 4.69) is 14.7 Å². The number of carbonyl (C=O) groups is 1. The molecule has 0 spiro atoms. The molecule has 2 aromatic heterocycles. The standard InChI is InChI=1S/C14H11N3O2/c1-19-13(18)11-5-3-10(4-6-11)12-9-17-8-2-7-15-14(17)16-12/h2-9H,1H3. The highest BCUT2D eigenvalue weighted by molar-refractivity contribution is 5.89. The molecule has 19 heavy (non-hydrogen) atoms. The molecule has 0 aliphatic heterocycles. The van der Waals surface area contributed by atoms with Gasteiger partial charge in [-0.1, -0.05) is 12.1 Å². The summed E-state index contributed by atoms with van der Waals surface area (Å²) in [6, 6.07) is 8.97. The Labute approximate surface area is 109 Å². The van der Waals surface area contributed by atoms with Crippen molar-refractivity contribution < 1.29 is 9.53 Å². The number of hydrogen-bond donors (Lipinski definition) is 0. The largest absolute Gasteiger partial charge is 0.465 e. The Morgan fingerprint density at radius 1 is 1.26 bits per heavy atom. The lowest BCUT2D eigenvalue weighted by Crippen LogP contribution is -2.00. The quantitative estimate of drug-likeness (QED) is 0.657. The fraction of sp³-hybridized carbons (Fsp3) is 0.0714. The molecule has 0 unspecified atom stereocenters.